The fourth-order valence-electron chi connectivity index (χ4n) is 2.17. The summed E-state index contributed by atoms with van der Waals surface area (Å²) < 4.78 is 5.74. The predicted molar refractivity (Wildman–Crippen MR) is 67.1 cm³/mol. The Bertz CT molecular complexity index is 396. The third-order valence-electron chi connectivity index (χ3n) is 2.94. The van der Waals surface area contributed by atoms with Crippen LogP contribution in [0.5, 0.6) is 0 Å². The van der Waals surface area contributed by atoms with Gasteiger partial charge in [0, 0.05) is 25.8 Å². The van der Waals surface area contributed by atoms with Crippen molar-refractivity contribution in [2.75, 3.05) is 24.5 Å². The zero-order valence-corrected chi connectivity index (χ0v) is 10.7. The summed E-state index contributed by atoms with van der Waals surface area (Å²) in [5.74, 6) is 0.957. The van der Waals surface area contributed by atoms with Gasteiger partial charge in [-0.2, -0.15) is 0 Å². The fraction of sp³-hybridized carbons (Fsp3) is 0.667. The van der Waals surface area contributed by atoms with Crippen LogP contribution in [0.3, 0.4) is 0 Å². The number of nitrogens with two attached hydrogens (primary N) is 1. The molecule has 1 aliphatic rings. The quantitative estimate of drug-likeness (QED) is 0.816. The highest BCUT2D eigenvalue weighted by Crippen LogP contribution is 2.20. The van der Waals surface area contributed by atoms with E-state index in [1.165, 1.54) is 0 Å². The summed E-state index contributed by atoms with van der Waals surface area (Å²) in [5.41, 5.74) is 7.58. The molecule has 1 aromatic rings. The summed E-state index contributed by atoms with van der Waals surface area (Å²) in [5, 5.41) is 0. The van der Waals surface area contributed by atoms with E-state index in [-0.39, 0.29) is 12.2 Å². The Morgan fingerprint density at radius 2 is 2.24 bits per heavy atom. The van der Waals surface area contributed by atoms with Crippen molar-refractivity contribution in [2.24, 2.45) is 5.73 Å². The Hall–Kier alpha value is -1.20. The van der Waals surface area contributed by atoms with Crippen LogP contribution in [-0.4, -0.2) is 41.8 Å². The minimum Gasteiger partial charge on any atom is -0.370 e. The molecule has 94 valence electrons. The molecule has 0 saturated carbocycles. The minimum atomic E-state index is 0.0838. The zero-order valence-electron chi connectivity index (χ0n) is 10.7. The number of ether oxygens (including phenoxy) is 1. The molecule has 0 spiro atoms. The van der Waals surface area contributed by atoms with Gasteiger partial charge in [0.25, 0.3) is 0 Å². The maximum atomic E-state index is 5.74. The van der Waals surface area contributed by atoms with Crippen molar-refractivity contribution >= 4 is 5.82 Å². The molecular weight excluding hydrogens is 216 g/mol. The first-order valence-electron chi connectivity index (χ1n) is 6.01. The highest BCUT2D eigenvalue weighted by atomic mass is 16.5. The second-order valence-corrected chi connectivity index (χ2v) is 4.63. The second-order valence-electron chi connectivity index (χ2n) is 4.63. The van der Waals surface area contributed by atoms with E-state index in [0.29, 0.717) is 6.54 Å². The van der Waals surface area contributed by atoms with E-state index in [0.717, 1.165) is 30.3 Å². The molecule has 0 bridgehead atoms. The van der Waals surface area contributed by atoms with Gasteiger partial charge in [0.1, 0.15) is 0 Å². The van der Waals surface area contributed by atoms with Crippen molar-refractivity contribution in [3.63, 3.8) is 0 Å². The van der Waals surface area contributed by atoms with Crippen LogP contribution in [-0.2, 0) is 4.74 Å². The summed E-state index contributed by atoms with van der Waals surface area (Å²) in [6.45, 7) is 8.18. The smallest absolute Gasteiger partial charge is 0.150 e. The third-order valence-corrected chi connectivity index (χ3v) is 2.94. The van der Waals surface area contributed by atoms with Crippen LogP contribution in [0.1, 0.15) is 18.3 Å². The summed E-state index contributed by atoms with van der Waals surface area (Å²) >= 11 is 0. The third kappa shape index (κ3) is 2.73. The molecule has 0 radical (unpaired) electrons. The van der Waals surface area contributed by atoms with Gasteiger partial charge in [-0.25, -0.2) is 4.98 Å². The molecule has 1 aliphatic heterocycles. The monoisotopic (exact) mass is 236 g/mol. The van der Waals surface area contributed by atoms with Crippen molar-refractivity contribution in [1.82, 2.24) is 9.97 Å². The lowest BCUT2D eigenvalue weighted by Gasteiger charge is -2.37. The van der Waals surface area contributed by atoms with Crippen LogP contribution in [0.2, 0.25) is 0 Å². The Kier molecular flexibility index (Phi) is 3.59. The van der Waals surface area contributed by atoms with Crippen molar-refractivity contribution in [1.29, 1.82) is 0 Å². The van der Waals surface area contributed by atoms with Gasteiger partial charge in [0.05, 0.1) is 23.6 Å². The molecule has 0 amide bonds. The maximum Gasteiger partial charge on any atom is 0.150 e. The van der Waals surface area contributed by atoms with Gasteiger partial charge >= 0.3 is 0 Å². The SMILES string of the molecule is Cc1cnc(C)c(N2CC(C)OC(CN)C2)n1. The van der Waals surface area contributed by atoms with Gasteiger partial charge in [-0.05, 0) is 20.8 Å². The number of hydrogen-bond acceptors (Lipinski definition) is 5. The highest BCUT2D eigenvalue weighted by Gasteiger charge is 2.26. The van der Waals surface area contributed by atoms with Crippen molar-refractivity contribution < 1.29 is 4.74 Å². The Morgan fingerprint density at radius 1 is 1.47 bits per heavy atom. The summed E-state index contributed by atoms with van der Waals surface area (Å²) in [6, 6.07) is 0. The van der Waals surface area contributed by atoms with E-state index in [1.807, 2.05) is 13.8 Å². The molecule has 2 rings (SSSR count). The first-order valence-corrected chi connectivity index (χ1v) is 6.01. The van der Waals surface area contributed by atoms with Crippen LogP contribution in [0.15, 0.2) is 6.20 Å². The average molecular weight is 236 g/mol. The van der Waals surface area contributed by atoms with E-state index in [9.17, 15) is 0 Å². The largest absolute Gasteiger partial charge is 0.370 e. The molecule has 2 N–H and O–H groups in total. The second kappa shape index (κ2) is 4.98. The lowest BCUT2D eigenvalue weighted by atomic mass is 10.2. The molecule has 1 fully saturated rings. The van der Waals surface area contributed by atoms with Crippen LogP contribution in [0, 0.1) is 13.8 Å². The van der Waals surface area contributed by atoms with E-state index < -0.39 is 0 Å². The fourth-order valence-corrected chi connectivity index (χ4v) is 2.17. The zero-order chi connectivity index (χ0) is 12.4. The minimum absolute atomic E-state index is 0.0838. The Balaban J connectivity index is 2.23. The van der Waals surface area contributed by atoms with Crippen LogP contribution < -0.4 is 10.6 Å². The summed E-state index contributed by atoms with van der Waals surface area (Å²) in [7, 11) is 0. The maximum absolute atomic E-state index is 5.74. The molecule has 17 heavy (non-hydrogen) atoms. The van der Waals surface area contributed by atoms with Gasteiger partial charge in [-0.1, -0.05) is 0 Å². The number of morpholine rings is 1. The van der Waals surface area contributed by atoms with E-state index >= 15 is 0 Å². The normalized spacial score (nSPS) is 25.1. The number of aromatic nitrogens is 2. The van der Waals surface area contributed by atoms with Crippen molar-refractivity contribution in [3.8, 4) is 0 Å². The molecule has 2 unspecified atom stereocenters. The lowest BCUT2D eigenvalue weighted by molar-refractivity contribution is -0.0107. The highest BCUT2D eigenvalue weighted by molar-refractivity contribution is 5.44. The molecule has 5 heteroatoms. The topological polar surface area (TPSA) is 64.3 Å². The number of anilines is 1. The van der Waals surface area contributed by atoms with Crippen LogP contribution in [0.25, 0.3) is 0 Å². The standard InChI is InChI=1S/C12H20N4O/c1-8-5-14-10(3)12(15-8)16-6-9(2)17-11(4-13)7-16/h5,9,11H,4,6-7,13H2,1-3H3. The number of rotatable bonds is 2. The van der Waals surface area contributed by atoms with E-state index in [1.54, 1.807) is 6.20 Å². The van der Waals surface area contributed by atoms with Gasteiger partial charge in [-0.3, -0.25) is 4.98 Å². The van der Waals surface area contributed by atoms with Gasteiger partial charge in [-0.15, -0.1) is 0 Å². The van der Waals surface area contributed by atoms with Gasteiger partial charge in [0.2, 0.25) is 0 Å². The first-order chi connectivity index (χ1) is 8.10. The summed E-state index contributed by atoms with van der Waals surface area (Å²) in [4.78, 5) is 11.1. The molecule has 1 saturated heterocycles. The van der Waals surface area contributed by atoms with E-state index in [4.69, 9.17) is 10.5 Å². The molecule has 0 aliphatic carbocycles. The molecule has 1 aromatic heterocycles. The number of aryl methyl sites for hydroxylation is 2. The molecule has 5 nitrogen and oxygen atoms in total. The number of nitrogens with zero attached hydrogens (tertiary/aromatic N) is 3. The van der Waals surface area contributed by atoms with Gasteiger partial charge < -0.3 is 15.4 Å². The average Bonchev–Trinajstić information content (AvgIpc) is 2.31. The molecule has 0 aromatic carbocycles. The van der Waals surface area contributed by atoms with E-state index in [2.05, 4.69) is 21.8 Å². The Morgan fingerprint density at radius 3 is 2.94 bits per heavy atom. The first kappa shape index (κ1) is 12.3. The lowest BCUT2D eigenvalue weighted by Crippen LogP contribution is -2.50. The molecular formula is C12H20N4O. The van der Waals surface area contributed by atoms with Crippen LogP contribution in [0.4, 0.5) is 5.82 Å². The van der Waals surface area contributed by atoms with Crippen molar-refractivity contribution in [3.05, 3.63) is 17.6 Å². The van der Waals surface area contributed by atoms with Gasteiger partial charge in [0.15, 0.2) is 5.82 Å². The van der Waals surface area contributed by atoms with Crippen molar-refractivity contribution in [2.45, 2.75) is 33.0 Å². The number of hydrogen-bond donors (Lipinski definition) is 1. The Labute approximate surface area is 102 Å². The predicted octanol–water partition coefficient (Wildman–Crippen LogP) is 0.646. The van der Waals surface area contributed by atoms with Crippen LogP contribution >= 0.6 is 0 Å². The molecule has 2 atom stereocenters. The summed E-state index contributed by atoms with van der Waals surface area (Å²) in [6.07, 6.45) is 2.06. The molecule has 2 heterocycles.